The lowest BCUT2D eigenvalue weighted by Crippen LogP contribution is -2.44. The molecule has 0 atom stereocenters. The largest absolute Gasteiger partial charge is 0.334 e. The smallest absolute Gasteiger partial charge is 0.257 e. The maximum atomic E-state index is 6.19. The highest BCUT2D eigenvalue weighted by Crippen LogP contribution is 2.37. The Bertz CT molecular complexity index is 567. The van der Waals surface area contributed by atoms with E-state index in [2.05, 4.69) is 36.1 Å². The molecule has 0 unspecified atom stereocenters. The Balaban J connectivity index is 1.86. The van der Waals surface area contributed by atoms with Gasteiger partial charge in [-0.15, -0.1) is 0 Å². The zero-order chi connectivity index (χ0) is 13.5. The summed E-state index contributed by atoms with van der Waals surface area (Å²) in [5, 5.41) is 4.03. The maximum absolute atomic E-state index is 6.19. The summed E-state index contributed by atoms with van der Waals surface area (Å²) in [5.74, 6) is 1.72. The van der Waals surface area contributed by atoms with Gasteiger partial charge in [0.25, 0.3) is 5.89 Å². The van der Waals surface area contributed by atoms with Crippen molar-refractivity contribution in [2.45, 2.75) is 44.6 Å². The van der Waals surface area contributed by atoms with Crippen LogP contribution in [0.5, 0.6) is 0 Å². The van der Waals surface area contributed by atoms with E-state index in [-0.39, 0.29) is 5.54 Å². The van der Waals surface area contributed by atoms with Crippen molar-refractivity contribution >= 4 is 0 Å². The van der Waals surface area contributed by atoms with Crippen molar-refractivity contribution in [3.63, 3.8) is 0 Å². The molecule has 4 heteroatoms. The van der Waals surface area contributed by atoms with Crippen molar-refractivity contribution in [1.29, 1.82) is 0 Å². The Morgan fingerprint density at radius 3 is 2.42 bits per heavy atom. The molecule has 1 aliphatic carbocycles. The van der Waals surface area contributed by atoms with Crippen molar-refractivity contribution in [1.82, 2.24) is 10.1 Å². The van der Waals surface area contributed by atoms with Crippen LogP contribution in [0.15, 0.2) is 28.8 Å². The van der Waals surface area contributed by atoms with Crippen LogP contribution in [0.25, 0.3) is 11.5 Å². The minimum atomic E-state index is -0.361. The van der Waals surface area contributed by atoms with E-state index in [1.54, 1.807) is 0 Å². The predicted molar refractivity (Wildman–Crippen MR) is 73.5 cm³/mol. The zero-order valence-corrected chi connectivity index (χ0v) is 11.4. The molecular weight excluding hydrogens is 238 g/mol. The second kappa shape index (κ2) is 4.46. The van der Waals surface area contributed by atoms with Gasteiger partial charge >= 0.3 is 0 Å². The first-order valence-electron chi connectivity index (χ1n) is 6.82. The number of nitrogens with zero attached hydrogens (tertiary/aromatic N) is 2. The Labute approximate surface area is 113 Å². The molecule has 0 spiro atoms. The van der Waals surface area contributed by atoms with Crippen LogP contribution < -0.4 is 5.73 Å². The highest BCUT2D eigenvalue weighted by atomic mass is 16.5. The summed E-state index contributed by atoms with van der Waals surface area (Å²) < 4.78 is 5.33. The number of rotatable bonds is 3. The third-order valence-corrected chi connectivity index (χ3v) is 3.94. The normalized spacial score (nSPS) is 17.5. The van der Waals surface area contributed by atoms with Gasteiger partial charge in [-0.1, -0.05) is 31.1 Å². The Morgan fingerprint density at radius 1 is 1.21 bits per heavy atom. The molecular formula is C15H19N3O. The fourth-order valence-corrected chi connectivity index (χ4v) is 2.33. The van der Waals surface area contributed by atoms with Crippen LogP contribution in [0.1, 0.15) is 50.4 Å². The summed E-state index contributed by atoms with van der Waals surface area (Å²) in [6.45, 7) is 4.35. The van der Waals surface area contributed by atoms with E-state index >= 15 is 0 Å². The molecule has 4 nitrogen and oxygen atoms in total. The summed E-state index contributed by atoms with van der Waals surface area (Å²) in [7, 11) is 0. The lowest BCUT2D eigenvalue weighted by molar-refractivity contribution is 0.229. The molecule has 0 bridgehead atoms. The first-order valence-corrected chi connectivity index (χ1v) is 6.82. The highest BCUT2D eigenvalue weighted by Gasteiger charge is 2.39. The predicted octanol–water partition coefficient (Wildman–Crippen LogP) is 3.20. The van der Waals surface area contributed by atoms with Gasteiger partial charge in [-0.3, -0.25) is 0 Å². The molecule has 1 aromatic carbocycles. The van der Waals surface area contributed by atoms with E-state index in [4.69, 9.17) is 10.3 Å². The first kappa shape index (κ1) is 12.4. The SMILES string of the molecule is CC(C)c1ccc(-c2nc(C3(N)CCC3)no2)cc1. The molecule has 19 heavy (non-hydrogen) atoms. The summed E-state index contributed by atoms with van der Waals surface area (Å²) in [5.41, 5.74) is 8.09. The minimum Gasteiger partial charge on any atom is -0.334 e. The third-order valence-electron chi connectivity index (χ3n) is 3.94. The molecule has 1 heterocycles. The van der Waals surface area contributed by atoms with E-state index in [0.29, 0.717) is 17.6 Å². The van der Waals surface area contributed by atoms with E-state index < -0.39 is 0 Å². The molecule has 0 saturated heterocycles. The number of benzene rings is 1. The minimum absolute atomic E-state index is 0.361. The molecule has 1 aromatic heterocycles. The maximum Gasteiger partial charge on any atom is 0.257 e. The topological polar surface area (TPSA) is 64.9 Å². The average Bonchev–Trinajstić information content (AvgIpc) is 2.86. The van der Waals surface area contributed by atoms with Crippen LogP contribution in [0.3, 0.4) is 0 Å². The lowest BCUT2D eigenvalue weighted by Gasteiger charge is -2.34. The molecule has 1 aliphatic rings. The highest BCUT2D eigenvalue weighted by molar-refractivity contribution is 5.53. The van der Waals surface area contributed by atoms with Gasteiger partial charge in [-0.2, -0.15) is 4.98 Å². The van der Waals surface area contributed by atoms with Gasteiger partial charge in [0, 0.05) is 5.56 Å². The molecule has 2 aromatic rings. The number of hydrogen-bond acceptors (Lipinski definition) is 4. The van der Waals surface area contributed by atoms with Crippen molar-refractivity contribution in [3.8, 4) is 11.5 Å². The van der Waals surface area contributed by atoms with Gasteiger partial charge in [-0.05, 0) is 42.9 Å². The fourth-order valence-electron chi connectivity index (χ4n) is 2.33. The molecule has 1 saturated carbocycles. The third kappa shape index (κ3) is 2.16. The van der Waals surface area contributed by atoms with Crippen molar-refractivity contribution in [2.24, 2.45) is 5.73 Å². The first-order chi connectivity index (χ1) is 9.08. The molecule has 0 radical (unpaired) electrons. The summed E-state index contributed by atoms with van der Waals surface area (Å²) in [6, 6.07) is 8.25. The van der Waals surface area contributed by atoms with E-state index in [9.17, 15) is 0 Å². The fraction of sp³-hybridized carbons (Fsp3) is 0.467. The molecule has 2 N–H and O–H groups in total. The average molecular weight is 257 g/mol. The Hall–Kier alpha value is -1.68. The number of hydrogen-bond donors (Lipinski definition) is 1. The van der Waals surface area contributed by atoms with Gasteiger partial charge < -0.3 is 10.3 Å². The van der Waals surface area contributed by atoms with Crippen LogP contribution in [0.2, 0.25) is 0 Å². The van der Waals surface area contributed by atoms with Crippen LogP contribution in [-0.4, -0.2) is 10.1 Å². The summed E-state index contributed by atoms with van der Waals surface area (Å²) >= 11 is 0. The van der Waals surface area contributed by atoms with E-state index in [1.807, 2.05) is 12.1 Å². The zero-order valence-electron chi connectivity index (χ0n) is 11.4. The van der Waals surface area contributed by atoms with Crippen LogP contribution in [0.4, 0.5) is 0 Å². The number of nitrogens with two attached hydrogens (primary N) is 1. The summed E-state index contributed by atoms with van der Waals surface area (Å²) in [4.78, 5) is 4.45. The second-order valence-electron chi connectivity index (χ2n) is 5.71. The van der Waals surface area contributed by atoms with Crippen LogP contribution >= 0.6 is 0 Å². The van der Waals surface area contributed by atoms with Gasteiger partial charge in [0.2, 0.25) is 0 Å². The second-order valence-corrected chi connectivity index (χ2v) is 5.71. The molecule has 0 amide bonds. The molecule has 100 valence electrons. The van der Waals surface area contributed by atoms with Crippen LogP contribution in [-0.2, 0) is 5.54 Å². The Morgan fingerprint density at radius 2 is 1.89 bits per heavy atom. The number of aromatic nitrogens is 2. The van der Waals surface area contributed by atoms with Gasteiger partial charge in [0.05, 0.1) is 5.54 Å². The van der Waals surface area contributed by atoms with Crippen molar-refractivity contribution in [2.75, 3.05) is 0 Å². The van der Waals surface area contributed by atoms with Gasteiger partial charge in [0.1, 0.15) is 0 Å². The van der Waals surface area contributed by atoms with Gasteiger partial charge in [-0.25, -0.2) is 0 Å². The van der Waals surface area contributed by atoms with Crippen molar-refractivity contribution in [3.05, 3.63) is 35.7 Å². The quantitative estimate of drug-likeness (QED) is 0.917. The van der Waals surface area contributed by atoms with E-state index in [1.165, 1.54) is 5.56 Å². The molecule has 0 aliphatic heterocycles. The van der Waals surface area contributed by atoms with Crippen LogP contribution in [0, 0.1) is 0 Å². The Kier molecular flexibility index (Phi) is 2.90. The summed E-state index contributed by atoms with van der Waals surface area (Å²) in [6.07, 6.45) is 3.03. The van der Waals surface area contributed by atoms with Crippen molar-refractivity contribution < 1.29 is 4.52 Å². The van der Waals surface area contributed by atoms with E-state index in [0.717, 1.165) is 24.8 Å². The monoisotopic (exact) mass is 257 g/mol. The molecule has 1 fully saturated rings. The lowest BCUT2D eigenvalue weighted by atomic mass is 9.77. The standard InChI is InChI=1S/C15H19N3O/c1-10(2)11-4-6-12(7-5-11)13-17-14(18-19-13)15(16)8-3-9-15/h4-7,10H,3,8-9,16H2,1-2H3. The van der Waals surface area contributed by atoms with Gasteiger partial charge in [0.15, 0.2) is 5.82 Å². The molecule has 3 rings (SSSR count).